The molecular weight excluding hydrogens is 576 g/mol. The van der Waals surface area contributed by atoms with Crippen LogP contribution in [0.2, 0.25) is 5.02 Å². The number of carboxylic acid groups (broad SMARTS) is 1. The number of aromatic nitrogens is 6. The number of carboxylic acids is 1. The zero-order valence-corrected chi connectivity index (χ0v) is 24.7. The van der Waals surface area contributed by atoms with Gasteiger partial charge in [0.2, 0.25) is 0 Å². The summed E-state index contributed by atoms with van der Waals surface area (Å²) in [5, 5.41) is 25.4. The van der Waals surface area contributed by atoms with Gasteiger partial charge in [0.05, 0.1) is 22.0 Å². The Bertz CT molecular complexity index is 1840. The summed E-state index contributed by atoms with van der Waals surface area (Å²) in [5.74, 6) is 1.02. The van der Waals surface area contributed by atoms with Gasteiger partial charge in [-0.05, 0) is 73.0 Å². The third-order valence-corrected chi connectivity index (χ3v) is 9.07. The molecule has 0 saturated heterocycles. The molecule has 2 heterocycles. The molecule has 9 nitrogen and oxygen atoms in total. The molecule has 5 aromatic rings. The van der Waals surface area contributed by atoms with Crippen LogP contribution in [-0.2, 0) is 5.41 Å². The van der Waals surface area contributed by atoms with Crippen LogP contribution in [0.15, 0.2) is 91.0 Å². The molecular formula is C34H31ClN6O3. The van der Waals surface area contributed by atoms with E-state index in [9.17, 15) is 9.90 Å². The van der Waals surface area contributed by atoms with Gasteiger partial charge in [-0.1, -0.05) is 72.5 Å². The maximum atomic E-state index is 11.7. The van der Waals surface area contributed by atoms with Crippen LogP contribution in [0.25, 0.3) is 22.4 Å². The van der Waals surface area contributed by atoms with E-state index in [1.165, 1.54) is 19.3 Å². The highest BCUT2D eigenvalue weighted by Crippen LogP contribution is 2.43. The van der Waals surface area contributed by atoms with Crippen LogP contribution in [0.4, 0.5) is 0 Å². The molecule has 3 aromatic carbocycles. The van der Waals surface area contributed by atoms with E-state index in [0.717, 1.165) is 35.3 Å². The Balaban J connectivity index is 1.20. The van der Waals surface area contributed by atoms with Crippen LogP contribution in [0, 0.1) is 0 Å². The first-order valence-corrected chi connectivity index (χ1v) is 15.2. The Morgan fingerprint density at radius 3 is 2.55 bits per heavy atom. The van der Waals surface area contributed by atoms with Crippen LogP contribution in [0.5, 0.6) is 5.75 Å². The van der Waals surface area contributed by atoms with Gasteiger partial charge >= 0.3 is 5.97 Å². The number of nitrogens with zero attached hydrogens (tertiary/aromatic N) is 5. The van der Waals surface area contributed by atoms with Crippen molar-refractivity contribution in [3.63, 3.8) is 0 Å². The lowest BCUT2D eigenvalue weighted by atomic mass is 9.69. The van der Waals surface area contributed by atoms with Crippen molar-refractivity contribution in [3.8, 4) is 17.1 Å². The third-order valence-electron chi connectivity index (χ3n) is 8.82. The highest BCUT2D eigenvalue weighted by atomic mass is 35.5. The van der Waals surface area contributed by atoms with Gasteiger partial charge in [0, 0.05) is 22.5 Å². The summed E-state index contributed by atoms with van der Waals surface area (Å²) < 4.78 is 8.76. The van der Waals surface area contributed by atoms with Crippen molar-refractivity contribution in [2.24, 2.45) is 0 Å². The maximum absolute atomic E-state index is 11.7. The number of allylic oxidation sites excluding steroid dienone is 3. The smallest absolute Gasteiger partial charge is 0.335 e. The van der Waals surface area contributed by atoms with Crippen molar-refractivity contribution < 1.29 is 14.6 Å². The lowest BCUT2D eigenvalue weighted by Crippen LogP contribution is -2.39. The lowest BCUT2D eigenvalue weighted by Gasteiger charge is -2.36. The first-order valence-electron chi connectivity index (χ1n) is 14.9. The van der Waals surface area contributed by atoms with Crippen molar-refractivity contribution in [2.45, 2.75) is 49.5 Å². The average molecular weight is 607 g/mol. The van der Waals surface area contributed by atoms with Crippen LogP contribution in [0.3, 0.4) is 0 Å². The SMILES string of the molecule is O=C(O)c1ccc2c(c1)nc(-c1ccc(OCC3(c4nn[nH]n4)C=CC=CC3c3ccc(Cl)cc3)cc1)n2C1CCCCC1. The zero-order chi connectivity index (χ0) is 30.1. The van der Waals surface area contributed by atoms with Gasteiger partial charge in [-0.15, -0.1) is 10.2 Å². The summed E-state index contributed by atoms with van der Waals surface area (Å²) in [6.45, 7) is 0.276. The van der Waals surface area contributed by atoms with E-state index < -0.39 is 11.4 Å². The second-order valence-electron chi connectivity index (χ2n) is 11.5. The van der Waals surface area contributed by atoms with E-state index in [2.05, 4.69) is 37.3 Å². The number of carbonyl (C=O) groups is 1. The lowest BCUT2D eigenvalue weighted by molar-refractivity contribution is 0.0697. The standard InChI is InChI=1S/C34H31ClN6O3/c35-25-14-9-22(10-15-25)28-8-4-5-19-34(28,33-37-39-40-38-33)21-44-27-16-11-23(12-17-27)31-36-29-20-24(32(42)43)13-18-30(29)41(31)26-6-2-1-3-7-26/h4-5,8-20,26,28H,1-3,6-7,21H2,(H,42,43)(H,37,38,39,40). The second kappa shape index (κ2) is 11.7. The molecule has 1 fully saturated rings. The number of fused-ring (bicyclic) bond motifs is 1. The number of tetrazole rings is 1. The maximum Gasteiger partial charge on any atom is 0.335 e. The number of hydrogen-bond acceptors (Lipinski definition) is 6. The van der Waals surface area contributed by atoms with Gasteiger partial charge in [0.15, 0.2) is 5.82 Å². The number of rotatable bonds is 8. The molecule has 10 heteroatoms. The number of halogens is 1. The molecule has 1 saturated carbocycles. The van der Waals surface area contributed by atoms with E-state index in [-0.39, 0.29) is 18.1 Å². The van der Waals surface area contributed by atoms with Crippen LogP contribution in [-0.4, -0.2) is 47.9 Å². The summed E-state index contributed by atoms with van der Waals surface area (Å²) in [4.78, 5) is 16.6. The molecule has 2 aliphatic carbocycles. The number of aromatic carboxylic acids is 1. The van der Waals surface area contributed by atoms with Gasteiger partial charge in [-0.2, -0.15) is 5.21 Å². The van der Waals surface area contributed by atoms with Gasteiger partial charge in [-0.3, -0.25) is 0 Å². The molecule has 0 bridgehead atoms. The first kappa shape index (κ1) is 28.0. The minimum atomic E-state index is -0.956. The normalized spacial score (nSPS) is 20.2. The summed E-state index contributed by atoms with van der Waals surface area (Å²) >= 11 is 6.19. The van der Waals surface area contributed by atoms with E-state index in [0.29, 0.717) is 28.2 Å². The fourth-order valence-electron chi connectivity index (χ4n) is 6.58. The highest BCUT2D eigenvalue weighted by molar-refractivity contribution is 6.30. The van der Waals surface area contributed by atoms with Crippen molar-refractivity contribution in [1.29, 1.82) is 0 Å². The Kier molecular flexibility index (Phi) is 7.47. The van der Waals surface area contributed by atoms with Gasteiger partial charge in [0.25, 0.3) is 0 Å². The van der Waals surface area contributed by atoms with Crippen molar-refractivity contribution >= 4 is 28.6 Å². The van der Waals surface area contributed by atoms with Gasteiger partial charge in [-0.25, -0.2) is 9.78 Å². The molecule has 0 amide bonds. The Labute approximate surface area is 259 Å². The molecule has 2 N–H and O–H groups in total. The fraction of sp³-hybridized carbons (Fsp3) is 0.265. The third kappa shape index (κ3) is 5.17. The Morgan fingerprint density at radius 2 is 1.82 bits per heavy atom. The van der Waals surface area contributed by atoms with Crippen molar-refractivity contribution in [3.05, 3.63) is 113 Å². The molecule has 0 spiro atoms. The molecule has 2 atom stereocenters. The number of ether oxygens (including phenoxy) is 1. The molecule has 2 unspecified atom stereocenters. The molecule has 44 heavy (non-hydrogen) atoms. The van der Waals surface area contributed by atoms with Crippen molar-refractivity contribution in [2.75, 3.05) is 6.61 Å². The second-order valence-corrected chi connectivity index (χ2v) is 11.9. The predicted octanol–water partition coefficient (Wildman–Crippen LogP) is 7.30. The topological polar surface area (TPSA) is 119 Å². The number of imidazole rings is 1. The highest BCUT2D eigenvalue weighted by Gasteiger charge is 2.44. The van der Waals surface area contributed by atoms with E-state index in [1.54, 1.807) is 12.1 Å². The Hall–Kier alpha value is -4.76. The van der Waals surface area contributed by atoms with E-state index in [1.807, 2.05) is 66.7 Å². The molecule has 2 aromatic heterocycles. The molecule has 7 rings (SSSR count). The predicted molar refractivity (Wildman–Crippen MR) is 168 cm³/mol. The quantitative estimate of drug-likeness (QED) is 0.190. The molecule has 0 radical (unpaired) electrons. The van der Waals surface area contributed by atoms with Crippen LogP contribution < -0.4 is 4.74 Å². The molecule has 222 valence electrons. The van der Waals surface area contributed by atoms with Crippen molar-refractivity contribution in [1.82, 2.24) is 30.2 Å². The van der Waals surface area contributed by atoms with E-state index >= 15 is 0 Å². The monoisotopic (exact) mass is 606 g/mol. The molecule has 2 aliphatic rings. The summed E-state index contributed by atoms with van der Waals surface area (Å²) in [6, 6.07) is 21.3. The number of hydrogen-bond donors (Lipinski definition) is 2. The van der Waals surface area contributed by atoms with Gasteiger partial charge < -0.3 is 14.4 Å². The molecule has 0 aliphatic heterocycles. The summed E-state index contributed by atoms with van der Waals surface area (Å²) in [7, 11) is 0. The minimum Gasteiger partial charge on any atom is -0.492 e. The van der Waals surface area contributed by atoms with E-state index in [4.69, 9.17) is 21.3 Å². The number of H-pyrrole nitrogens is 1. The number of nitrogens with one attached hydrogen (secondary N) is 1. The van der Waals surface area contributed by atoms with Gasteiger partial charge in [0.1, 0.15) is 18.2 Å². The number of benzene rings is 3. The minimum absolute atomic E-state index is 0.104. The van der Waals surface area contributed by atoms with Crippen LogP contribution in [0.1, 0.15) is 65.8 Å². The largest absolute Gasteiger partial charge is 0.492 e. The van der Waals surface area contributed by atoms with Crippen LogP contribution >= 0.6 is 11.6 Å². The fourth-order valence-corrected chi connectivity index (χ4v) is 6.70. The summed E-state index contributed by atoms with van der Waals surface area (Å²) in [6.07, 6.45) is 13.9. The number of aromatic amines is 1. The zero-order valence-electron chi connectivity index (χ0n) is 23.9. The average Bonchev–Trinajstić information content (AvgIpc) is 3.74. The first-order chi connectivity index (χ1) is 21.5. The Morgan fingerprint density at radius 1 is 1.02 bits per heavy atom. The summed E-state index contributed by atoms with van der Waals surface area (Å²) in [5.41, 5.74) is 3.20.